The van der Waals surface area contributed by atoms with Gasteiger partial charge in [-0.1, -0.05) is 62.2 Å². The van der Waals surface area contributed by atoms with E-state index in [-0.39, 0.29) is 29.0 Å². The maximum absolute atomic E-state index is 13.1. The second-order valence-electron chi connectivity index (χ2n) is 7.16. The van der Waals surface area contributed by atoms with Crippen LogP contribution < -0.4 is 5.32 Å². The van der Waals surface area contributed by atoms with Crippen LogP contribution in [-0.2, 0) is 16.0 Å². The number of nitrogens with zero attached hydrogens (tertiary/aromatic N) is 1. The van der Waals surface area contributed by atoms with Crippen LogP contribution in [0.25, 0.3) is 5.57 Å². The van der Waals surface area contributed by atoms with Crippen LogP contribution in [0.2, 0.25) is 10.0 Å². The minimum Gasteiger partial charge on any atom is -0.350 e. The van der Waals surface area contributed by atoms with Crippen molar-refractivity contribution >= 4 is 46.3 Å². The Morgan fingerprint density at radius 2 is 1.68 bits per heavy atom. The average molecular weight is 417 g/mol. The highest BCUT2D eigenvalue weighted by molar-refractivity contribution is 6.41. The Bertz CT molecular complexity index is 950. The second kappa shape index (κ2) is 8.38. The number of halogens is 2. The number of hydrogen-bond acceptors (Lipinski definition) is 3. The minimum atomic E-state index is -0.351. The second-order valence-corrected chi connectivity index (χ2v) is 8.01. The Balaban J connectivity index is 2.07. The first-order valence-corrected chi connectivity index (χ1v) is 9.99. The SMILES string of the molecule is CCc1ccc(NC2=C(c3ccc(Cl)cc3Cl)C(=O)N(CC(C)C)C2=O)cc1. The van der Waals surface area contributed by atoms with Crippen LogP contribution in [0.1, 0.15) is 31.9 Å². The molecule has 1 aliphatic rings. The molecule has 0 unspecified atom stereocenters. The summed E-state index contributed by atoms with van der Waals surface area (Å²) in [5, 5.41) is 3.94. The molecule has 1 heterocycles. The van der Waals surface area contributed by atoms with E-state index < -0.39 is 0 Å². The van der Waals surface area contributed by atoms with E-state index in [1.807, 2.05) is 38.1 Å². The van der Waals surface area contributed by atoms with Gasteiger partial charge in [-0.3, -0.25) is 14.5 Å². The maximum atomic E-state index is 13.1. The summed E-state index contributed by atoms with van der Waals surface area (Å²) < 4.78 is 0. The van der Waals surface area contributed by atoms with E-state index >= 15 is 0 Å². The van der Waals surface area contributed by atoms with Gasteiger partial charge in [-0.05, 0) is 42.2 Å². The highest BCUT2D eigenvalue weighted by Gasteiger charge is 2.40. The number of carbonyl (C=O) groups is 2. The molecule has 0 aromatic heterocycles. The fourth-order valence-electron chi connectivity index (χ4n) is 3.13. The van der Waals surface area contributed by atoms with E-state index in [9.17, 15) is 9.59 Å². The summed E-state index contributed by atoms with van der Waals surface area (Å²) in [6.07, 6.45) is 0.925. The molecule has 2 aromatic carbocycles. The van der Waals surface area contributed by atoms with Gasteiger partial charge in [0.25, 0.3) is 11.8 Å². The molecule has 0 atom stereocenters. The molecule has 0 saturated carbocycles. The van der Waals surface area contributed by atoms with Crippen molar-refractivity contribution in [3.8, 4) is 0 Å². The fourth-order valence-corrected chi connectivity index (χ4v) is 3.64. The molecule has 2 amide bonds. The van der Waals surface area contributed by atoms with Crippen LogP contribution in [0.5, 0.6) is 0 Å². The molecular formula is C22H22Cl2N2O2. The fraction of sp³-hybridized carbons (Fsp3) is 0.273. The van der Waals surface area contributed by atoms with Gasteiger partial charge in [-0.2, -0.15) is 0 Å². The molecule has 0 bridgehead atoms. The van der Waals surface area contributed by atoms with Crippen LogP contribution in [0.15, 0.2) is 48.2 Å². The van der Waals surface area contributed by atoms with Crippen LogP contribution in [-0.4, -0.2) is 23.3 Å². The Labute approximate surface area is 175 Å². The van der Waals surface area contributed by atoms with Gasteiger partial charge in [0.1, 0.15) is 5.70 Å². The first-order chi connectivity index (χ1) is 13.3. The van der Waals surface area contributed by atoms with E-state index in [0.717, 1.165) is 12.1 Å². The molecule has 0 radical (unpaired) electrons. The van der Waals surface area contributed by atoms with E-state index in [0.29, 0.717) is 22.2 Å². The largest absolute Gasteiger partial charge is 0.350 e. The molecule has 2 aromatic rings. The molecule has 28 heavy (non-hydrogen) atoms. The average Bonchev–Trinajstić information content (AvgIpc) is 2.87. The lowest BCUT2D eigenvalue weighted by Crippen LogP contribution is -2.35. The van der Waals surface area contributed by atoms with Crippen LogP contribution in [0.4, 0.5) is 5.69 Å². The highest BCUT2D eigenvalue weighted by Crippen LogP contribution is 2.35. The highest BCUT2D eigenvalue weighted by atomic mass is 35.5. The zero-order valence-electron chi connectivity index (χ0n) is 16.1. The third-order valence-electron chi connectivity index (χ3n) is 4.55. The summed E-state index contributed by atoms with van der Waals surface area (Å²) in [4.78, 5) is 27.4. The van der Waals surface area contributed by atoms with Crippen LogP contribution in [0, 0.1) is 5.92 Å². The number of anilines is 1. The van der Waals surface area contributed by atoms with Gasteiger partial charge in [0.2, 0.25) is 0 Å². The number of imide groups is 1. The lowest BCUT2D eigenvalue weighted by molar-refractivity contribution is -0.137. The zero-order valence-corrected chi connectivity index (χ0v) is 17.6. The van der Waals surface area contributed by atoms with Gasteiger partial charge in [0.15, 0.2) is 0 Å². The Morgan fingerprint density at radius 1 is 1.00 bits per heavy atom. The van der Waals surface area contributed by atoms with Crippen LogP contribution >= 0.6 is 23.2 Å². The lowest BCUT2D eigenvalue weighted by atomic mass is 10.0. The predicted octanol–water partition coefficient (Wildman–Crippen LogP) is 5.40. The summed E-state index contributed by atoms with van der Waals surface area (Å²) in [5.74, 6) is -0.548. The quantitative estimate of drug-likeness (QED) is 0.640. The number of hydrogen-bond donors (Lipinski definition) is 1. The van der Waals surface area contributed by atoms with Crippen molar-refractivity contribution in [3.63, 3.8) is 0 Å². The lowest BCUT2D eigenvalue weighted by Gasteiger charge is -2.17. The third kappa shape index (κ3) is 4.08. The normalized spacial score (nSPS) is 14.4. The molecule has 0 fully saturated rings. The van der Waals surface area contributed by atoms with E-state index in [1.54, 1.807) is 18.2 Å². The number of nitrogens with one attached hydrogen (secondary N) is 1. The predicted molar refractivity (Wildman–Crippen MR) is 114 cm³/mol. The summed E-state index contributed by atoms with van der Waals surface area (Å²) in [7, 11) is 0. The third-order valence-corrected chi connectivity index (χ3v) is 5.10. The summed E-state index contributed by atoms with van der Waals surface area (Å²) >= 11 is 12.4. The Hall–Kier alpha value is -2.30. The minimum absolute atomic E-state index is 0.151. The molecule has 0 aliphatic carbocycles. The Morgan fingerprint density at radius 3 is 2.25 bits per heavy atom. The summed E-state index contributed by atoms with van der Waals surface area (Å²) in [6.45, 7) is 6.34. The first-order valence-electron chi connectivity index (χ1n) is 9.23. The van der Waals surface area contributed by atoms with Crippen LogP contribution in [0.3, 0.4) is 0 Å². The van der Waals surface area contributed by atoms with Gasteiger partial charge in [-0.25, -0.2) is 0 Å². The van der Waals surface area contributed by atoms with Crippen molar-refractivity contribution in [1.82, 2.24) is 4.90 Å². The number of benzene rings is 2. The number of amides is 2. The summed E-state index contributed by atoms with van der Waals surface area (Å²) in [5.41, 5.74) is 2.92. The number of aryl methyl sites for hydroxylation is 1. The molecule has 6 heteroatoms. The topological polar surface area (TPSA) is 49.4 Å². The van der Waals surface area contributed by atoms with Crippen molar-refractivity contribution in [2.75, 3.05) is 11.9 Å². The molecule has 4 nitrogen and oxygen atoms in total. The van der Waals surface area contributed by atoms with Gasteiger partial charge in [0, 0.05) is 22.8 Å². The maximum Gasteiger partial charge on any atom is 0.278 e. The summed E-state index contributed by atoms with van der Waals surface area (Å²) in [6, 6.07) is 12.7. The van der Waals surface area contributed by atoms with Crippen molar-refractivity contribution < 1.29 is 9.59 Å². The Kier molecular flexibility index (Phi) is 6.11. The molecular weight excluding hydrogens is 395 g/mol. The zero-order chi connectivity index (χ0) is 20.4. The van der Waals surface area contributed by atoms with Crippen molar-refractivity contribution in [2.24, 2.45) is 5.92 Å². The standard InChI is InChI=1S/C22H22Cl2N2O2/c1-4-14-5-8-16(9-6-14)25-20-19(17-10-7-15(23)11-18(17)24)21(27)26(22(20)28)12-13(2)3/h5-11,13,25H,4,12H2,1-3H3. The van der Waals surface area contributed by atoms with Gasteiger partial charge in [-0.15, -0.1) is 0 Å². The van der Waals surface area contributed by atoms with Gasteiger partial charge in [0.05, 0.1) is 10.6 Å². The van der Waals surface area contributed by atoms with E-state index in [4.69, 9.17) is 23.2 Å². The van der Waals surface area contributed by atoms with Gasteiger partial charge < -0.3 is 5.32 Å². The van der Waals surface area contributed by atoms with E-state index in [1.165, 1.54) is 10.5 Å². The molecule has 1 N–H and O–H groups in total. The smallest absolute Gasteiger partial charge is 0.278 e. The molecule has 1 aliphatic heterocycles. The van der Waals surface area contributed by atoms with Crippen molar-refractivity contribution in [1.29, 1.82) is 0 Å². The van der Waals surface area contributed by atoms with Crippen molar-refractivity contribution in [3.05, 3.63) is 69.3 Å². The molecule has 0 saturated heterocycles. The van der Waals surface area contributed by atoms with Crippen molar-refractivity contribution in [2.45, 2.75) is 27.2 Å². The molecule has 3 rings (SSSR count). The first kappa shape index (κ1) is 20.4. The van der Waals surface area contributed by atoms with E-state index in [2.05, 4.69) is 12.2 Å². The number of rotatable bonds is 6. The number of carbonyl (C=O) groups excluding carboxylic acids is 2. The molecule has 0 spiro atoms. The molecule has 146 valence electrons. The monoisotopic (exact) mass is 416 g/mol. The van der Waals surface area contributed by atoms with Gasteiger partial charge >= 0.3 is 0 Å².